The van der Waals surface area contributed by atoms with Crippen molar-refractivity contribution < 1.29 is 29.3 Å². The van der Waals surface area contributed by atoms with E-state index in [9.17, 15) is 4.79 Å². The molecule has 0 saturated carbocycles. The van der Waals surface area contributed by atoms with E-state index in [1.165, 1.54) is 5.56 Å². The smallest absolute Gasteiger partial charge is 0.414 e. The van der Waals surface area contributed by atoms with Gasteiger partial charge in [0, 0.05) is 30.7 Å². The molecular formula is C25H33N3O6. The molecule has 0 aliphatic carbocycles. The number of carboxylic acids is 2. The molecule has 3 rings (SSSR count). The summed E-state index contributed by atoms with van der Waals surface area (Å²) in [6, 6.07) is 18.7. The fourth-order valence-electron chi connectivity index (χ4n) is 3.73. The van der Waals surface area contributed by atoms with Crippen molar-refractivity contribution in [1.29, 1.82) is 0 Å². The third kappa shape index (κ3) is 10.0. The Labute approximate surface area is 199 Å². The monoisotopic (exact) mass is 471 g/mol. The summed E-state index contributed by atoms with van der Waals surface area (Å²) >= 11 is 0. The maximum Gasteiger partial charge on any atom is 0.414 e. The first-order valence-electron chi connectivity index (χ1n) is 11.2. The van der Waals surface area contributed by atoms with E-state index in [0.29, 0.717) is 12.5 Å². The quantitative estimate of drug-likeness (QED) is 0.433. The summed E-state index contributed by atoms with van der Waals surface area (Å²) in [7, 11) is 1.63. The van der Waals surface area contributed by atoms with E-state index in [1.54, 1.807) is 7.11 Å². The molecule has 1 aliphatic rings. The van der Waals surface area contributed by atoms with Crippen LogP contribution >= 0.6 is 0 Å². The van der Waals surface area contributed by atoms with Crippen LogP contribution in [0.15, 0.2) is 54.6 Å². The lowest BCUT2D eigenvalue weighted by Gasteiger charge is -2.34. The zero-order chi connectivity index (χ0) is 24.9. The topological polar surface area (TPSA) is 128 Å². The van der Waals surface area contributed by atoms with E-state index in [4.69, 9.17) is 24.5 Å². The molecule has 4 N–H and O–H groups in total. The van der Waals surface area contributed by atoms with Gasteiger partial charge in [-0.2, -0.15) is 0 Å². The van der Waals surface area contributed by atoms with E-state index in [2.05, 4.69) is 52.8 Å². The first kappa shape index (κ1) is 26.8. The third-order valence-electron chi connectivity index (χ3n) is 5.41. The molecule has 1 amide bonds. The molecular weight excluding hydrogens is 438 g/mol. The van der Waals surface area contributed by atoms with Crippen LogP contribution in [-0.2, 0) is 20.9 Å². The number of methoxy groups -OCH3 is 1. The van der Waals surface area contributed by atoms with Crippen LogP contribution in [0.2, 0.25) is 0 Å². The number of rotatable bonds is 8. The van der Waals surface area contributed by atoms with Gasteiger partial charge in [0.2, 0.25) is 5.91 Å². The van der Waals surface area contributed by atoms with Crippen molar-refractivity contribution in [3.63, 3.8) is 0 Å². The molecule has 1 aliphatic heterocycles. The lowest BCUT2D eigenvalue weighted by Crippen LogP contribution is -2.45. The van der Waals surface area contributed by atoms with Crippen LogP contribution in [0.1, 0.15) is 31.7 Å². The third-order valence-corrected chi connectivity index (χ3v) is 5.41. The normalized spacial score (nSPS) is 14.9. The van der Waals surface area contributed by atoms with Gasteiger partial charge in [-0.25, -0.2) is 9.59 Å². The molecule has 34 heavy (non-hydrogen) atoms. The number of likely N-dealkylation sites (tertiary alicyclic amines) is 1. The molecule has 2 aromatic rings. The van der Waals surface area contributed by atoms with Crippen LogP contribution in [0.25, 0.3) is 0 Å². The highest BCUT2D eigenvalue weighted by molar-refractivity contribution is 6.27. The van der Waals surface area contributed by atoms with Gasteiger partial charge in [0.05, 0.1) is 7.11 Å². The van der Waals surface area contributed by atoms with E-state index in [0.717, 1.165) is 43.9 Å². The number of hydrogen-bond donors (Lipinski definition) is 4. The number of nitrogens with one attached hydrogen (secondary N) is 2. The van der Waals surface area contributed by atoms with Gasteiger partial charge in [0.1, 0.15) is 5.75 Å². The zero-order valence-corrected chi connectivity index (χ0v) is 19.6. The maximum atomic E-state index is 12.3. The van der Waals surface area contributed by atoms with E-state index >= 15 is 0 Å². The molecule has 1 saturated heterocycles. The van der Waals surface area contributed by atoms with Crippen molar-refractivity contribution in [2.75, 3.05) is 25.5 Å². The molecule has 1 atom stereocenters. The van der Waals surface area contributed by atoms with Gasteiger partial charge in [0.15, 0.2) is 0 Å². The summed E-state index contributed by atoms with van der Waals surface area (Å²) in [5.74, 6) is -2.83. The number of carboxylic acid groups (broad SMARTS) is 2. The summed E-state index contributed by atoms with van der Waals surface area (Å²) in [4.78, 5) is 33.0. The van der Waals surface area contributed by atoms with Crippen LogP contribution in [0.3, 0.4) is 0 Å². The second-order valence-electron chi connectivity index (χ2n) is 8.19. The molecule has 9 nitrogen and oxygen atoms in total. The predicted octanol–water partition coefficient (Wildman–Crippen LogP) is 2.82. The second kappa shape index (κ2) is 14.0. The number of aliphatic carboxylic acids is 2. The van der Waals surface area contributed by atoms with Crippen molar-refractivity contribution in [2.45, 2.75) is 44.8 Å². The summed E-state index contributed by atoms with van der Waals surface area (Å²) < 4.78 is 5.14. The van der Waals surface area contributed by atoms with Gasteiger partial charge >= 0.3 is 11.9 Å². The maximum absolute atomic E-state index is 12.3. The fourth-order valence-corrected chi connectivity index (χ4v) is 3.73. The number of benzene rings is 2. The van der Waals surface area contributed by atoms with Crippen molar-refractivity contribution in [3.05, 3.63) is 60.2 Å². The average molecular weight is 472 g/mol. The van der Waals surface area contributed by atoms with Crippen molar-refractivity contribution >= 4 is 23.5 Å². The Morgan fingerprint density at radius 1 is 1.00 bits per heavy atom. The van der Waals surface area contributed by atoms with Gasteiger partial charge in [-0.15, -0.1) is 0 Å². The highest BCUT2D eigenvalue weighted by Gasteiger charge is 2.21. The number of nitrogens with zero attached hydrogens (tertiary/aromatic N) is 1. The molecule has 1 heterocycles. The van der Waals surface area contributed by atoms with Gasteiger partial charge < -0.3 is 25.6 Å². The minimum atomic E-state index is -1.82. The lowest BCUT2D eigenvalue weighted by atomic mass is 10.0. The minimum Gasteiger partial charge on any atom is -0.497 e. The van der Waals surface area contributed by atoms with Gasteiger partial charge in [-0.1, -0.05) is 30.3 Å². The lowest BCUT2D eigenvalue weighted by molar-refractivity contribution is -0.159. The van der Waals surface area contributed by atoms with Crippen molar-refractivity contribution in [3.8, 4) is 5.75 Å². The standard InChI is InChI=1S/C23H31N3O2.C2H2O4/c1-18(16-23(27)25-20-8-10-22(28-2)11-9-20)24-21-12-14-26(15-13-21)17-19-6-4-3-5-7-19;3-1(4)2(5)6/h3-11,18,21,24H,12-17H2,1-2H3,(H,25,27);(H,3,4)(H,5,6). The highest BCUT2D eigenvalue weighted by atomic mass is 16.5. The second-order valence-corrected chi connectivity index (χ2v) is 8.19. The number of piperidine rings is 1. The summed E-state index contributed by atoms with van der Waals surface area (Å²) in [6.45, 7) is 5.30. The first-order valence-corrected chi connectivity index (χ1v) is 11.2. The molecule has 0 radical (unpaired) electrons. The molecule has 1 fully saturated rings. The zero-order valence-electron chi connectivity index (χ0n) is 19.6. The molecule has 184 valence electrons. The summed E-state index contributed by atoms with van der Waals surface area (Å²) in [5.41, 5.74) is 2.17. The highest BCUT2D eigenvalue weighted by Crippen LogP contribution is 2.17. The summed E-state index contributed by atoms with van der Waals surface area (Å²) in [5, 5.41) is 21.4. The Morgan fingerprint density at radius 2 is 1.59 bits per heavy atom. The number of carbonyl (C=O) groups is 3. The first-order chi connectivity index (χ1) is 16.3. The minimum absolute atomic E-state index is 0.0340. The summed E-state index contributed by atoms with van der Waals surface area (Å²) in [6.07, 6.45) is 2.71. The van der Waals surface area contributed by atoms with Crippen LogP contribution < -0.4 is 15.4 Å². The molecule has 0 spiro atoms. The van der Waals surface area contributed by atoms with Crippen LogP contribution in [0, 0.1) is 0 Å². The Balaban J connectivity index is 0.000000604. The largest absolute Gasteiger partial charge is 0.497 e. The average Bonchev–Trinajstić information content (AvgIpc) is 2.81. The van der Waals surface area contributed by atoms with Gasteiger partial charge in [-0.05, 0) is 62.7 Å². The van der Waals surface area contributed by atoms with Crippen LogP contribution in [0.4, 0.5) is 5.69 Å². The van der Waals surface area contributed by atoms with Crippen molar-refractivity contribution in [2.24, 2.45) is 0 Å². The molecule has 9 heteroatoms. The van der Waals surface area contributed by atoms with E-state index < -0.39 is 11.9 Å². The van der Waals surface area contributed by atoms with Gasteiger partial charge in [-0.3, -0.25) is 9.69 Å². The SMILES string of the molecule is COc1ccc(NC(=O)CC(C)NC2CCN(Cc3ccccc3)CC2)cc1.O=C(O)C(=O)O. The van der Waals surface area contributed by atoms with E-state index in [-0.39, 0.29) is 11.9 Å². The Bertz CT molecular complexity index is 900. The molecule has 1 unspecified atom stereocenters. The number of carbonyl (C=O) groups excluding carboxylic acids is 1. The van der Waals surface area contributed by atoms with E-state index in [1.807, 2.05) is 24.3 Å². The predicted molar refractivity (Wildman–Crippen MR) is 129 cm³/mol. The Morgan fingerprint density at radius 3 is 2.12 bits per heavy atom. The van der Waals surface area contributed by atoms with Gasteiger partial charge in [0.25, 0.3) is 0 Å². The molecule has 0 aromatic heterocycles. The Hall–Kier alpha value is -3.43. The number of amides is 1. The fraction of sp³-hybridized carbons (Fsp3) is 0.400. The number of anilines is 1. The van der Waals surface area contributed by atoms with Crippen LogP contribution in [0.5, 0.6) is 5.75 Å². The van der Waals surface area contributed by atoms with Crippen molar-refractivity contribution in [1.82, 2.24) is 10.2 Å². The Kier molecular flexibility index (Phi) is 11.0. The number of hydrogen-bond acceptors (Lipinski definition) is 6. The number of ether oxygens (including phenoxy) is 1. The molecule has 0 bridgehead atoms. The molecule has 2 aromatic carbocycles. The van der Waals surface area contributed by atoms with Crippen LogP contribution in [-0.4, -0.2) is 65.2 Å².